The number of hydrogen-bond acceptors (Lipinski definition) is 4. The summed E-state index contributed by atoms with van der Waals surface area (Å²) in [7, 11) is 4.13. The maximum absolute atomic E-state index is 6.09. The Morgan fingerprint density at radius 1 is 1.17 bits per heavy atom. The molecule has 24 heavy (non-hydrogen) atoms. The van der Waals surface area contributed by atoms with E-state index in [1.165, 1.54) is 19.3 Å². The van der Waals surface area contributed by atoms with Gasteiger partial charge in [-0.15, -0.1) is 0 Å². The number of aryl methyl sites for hydroxylation is 2. The Labute approximate surface area is 143 Å². The van der Waals surface area contributed by atoms with Gasteiger partial charge < -0.3 is 19.2 Å². The molecule has 0 radical (unpaired) electrons. The van der Waals surface area contributed by atoms with Crippen LogP contribution in [0.1, 0.15) is 49.5 Å². The van der Waals surface area contributed by atoms with E-state index < -0.39 is 0 Å². The lowest BCUT2D eigenvalue weighted by molar-refractivity contribution is -0.0353. The van der Waals surface area contributed by atoms with Gasteiger partial charge in [0.1, 0.15) is 17.8 Å². The Morgan fingerprint density at radius 3 is 2.62 bits per heavy atom. The molecular weight excluding hydrogens is 302 g/mol. The number of rotatable bonds is 6. The molecule has 2 fully saturated rings. The Hall–Kier alpha value is -1.66. The van der Waals surface area contributed by atoms with E-state index in [4.69, 9.17) is 4.74 Å². The van der Waals surface area contributed by atoms with Crippen LogP contribution in [-0.4, -0.2) is 32.3 Å². The summed E-state index contributed by atoms with van der Waals surface area (Å²) in [6.07, 6.45) is 12.8. The van der Waals surface area contributed by atoms with Gasteiger partial charge in [-0.05, 0) is 31.6 Å². The van der Waals surface area contributed by atoms with E-state index in [2.05, 4.69) is 31.5 Å². The van der Waals surface area contributed by atoms with E-state index in [1.54, 1.807) is 0 Å². The van der Waals surface area contributed by atoms with E-state index in [0.717, 1.165) is 37.1 Å². The molecule has 0 amide bonds. The third-order valence-corrected chi connectivity index (χ3v) is 5.39. The number of nitrogens with zero attached hydrogens (tertiary/aromatic N) is 4. The van der Waals surface area contributed by atoms with E-state index in [0.29, 0.717) is 12.0 Å². The molecule has 2 aromatic rings. The molecule has 6 nitrogen and oxygen atoms in total. The lowest BCUT2D eigenvalue weighted by Gasteiger charge is -2.32. The Morgan fingerprint density at radius 2 is 1.96 bits per heavy atom. The van der Waals surface area contributed by atoms with Gasteiger partial charge in [0.25, 0.3) is 0 Å². The predicted octanol–water partition coefficient (Wildman–Crippen LogP) is 2.36. The first-order valence-corrected chi connectivity index (χ1v) is 9.03. The third-order valence-electron chi connectivity index (χ3n) is 5.39. The quantitative estimate of drug-likeness (QED) is 0.884. The summed E-state index contributed by atoms with van der Waals surface area (Å²) in [4.78, 5) is 9.10. The fraction of sp³-hybridized carbons (Fsp3) is 0.667. The molecular formula is C18H27N5O. The van der Waals surface area contributed by atoms with Crippen LogP contribution >= 0.6 is 0 Å². The van der Waals surface area contributed by atoms with E-state index in [1.807, 2.05) is 31.8 Å². The Balaban J connectivity index is 1.46. The molecule has 0 spiro atoms. The van der Waals surface area contributed by atoms with Crippen LogP contribution in [0.15, 0.2) is 24.8 Å². The van der Waals surface area contributed by atoms with Crippen molar-refractivity contribution in [2.24, 2.45) is 25.9 Å². The summed E-state index contributed by atoms with van der Waals surface area (Å²) in [5.41, 5.74) is 0. The fourth-order valence-corrected chi connectivity index (χ4v) is 3.84. The maximum atomic E-state index is 6.09. The average molecular weight is 329 g/mol. The summed E-state index contributed by atoms with van der Waals surface area (Å²) in [6.45, 7) is 1.78. The van der Waals surface area contributed by atoms with Crippen LogP contribution in [0.5, 0.6) is 0 Å². The molecule has 130 valence electrons. The fourth-order valence-electron chi connectivity index (χ4n) is 3.84. The standard InChI is InChI=1S/C18H27N5O/c1-22-9-7-19-17(22)15(13-5-6-13)21-12-14-4-3-11-24-16(14)18-20-8-10-23(18)2/h7-10,13-16,21H,3-6,11-12H2,1-2H3/t14-,15?,16+/m0/s1. The minimum Gasteiger partial charge on any atom is -0.370 e. The van der Waals surface area contributed by atoms with Gasteiger partial charge in [0.2, 0.25) is 0 Å². The molecule has 4 rings (SSSR count). The zero-order valence-corrected chi connectivity index (χ0v) is 14.6. The highest BCUT2D eigenvalue weighted by Crippen LogP contribution is 2.41. The largest absolute Gasteiger partial charge is 0.370 e. The zero-order valence-electron chi connectivity index (χ0n) is 14.6. The van der Waals surface area contributed by atoms with Gasteiger partial charge in [-0.25, -0.2) is 9.97 Å². The summed E-state index contributed by atoms with van der Waals surface area (Å²) in [5, 5.41) is 3.81. The van der Waals surface area contributed by atoms with Crippen molar-refractivity contribution in [1.82, 2.24) is 24.4 Å². The third kappa shape index (κ3) is 3.13. The summed E-state index contributed by atoms with van der Waals surface area (Å²) < 4.78 is 10.3. The van der Waals surface area contributed by atoms with Crippen LogP contribution in [0.4, 0.5) is 0 Å². The smallest absolute Gasteiger partial charge is 0.137 e. The van der Waals surface area contributed by atoms with Gasteiger partial charge in [0.15, 0.2) is 0 Å². The predicted molar refractivity (Wildman–Crippen MR) is 91.3 cm³/mol. The van der Waals surface area contributed by atoms with Crippen molar-refractivity contribution in [3.05, 3.63) is 36.4 Å². The zero-order chi connectivity index (χ0) is 16.5. The van der Waals surface area contributed by atoms with Crippen LogP contribution in [0.3, 0.4) is 0 Å². The van der Waals surface area contributed by atoms with Crippen molar-refractivity contribution in [2.75, 3.05) is 13.2 Å². The minimum atomic E-state index is 0.0903. The van der Waals surface area contributed by atoms with Crippen molar-refractivity contribution in [3.63, 3.8) is 0 Å². The molecule has 1 aliphatic heterocycles. The lowest BCUT2D eigenvalue weighted by Crippen LogP contribution is -2.36. The lowest BCUT2D eigenvalue weighted by atomic mass is 9.93. The molecule has 3 heterocycles. The molecule has 0 bridgehead atoms. The van der Waals surface area contributed by atoms with Crippen molar-refractivity contribution >= 4 is 0 Å². The first kappa shape index (κ1) is 15.8. The molecule has 3 atom stereocenters. The van der Waals surface area contributed by atoms with E-state index >= 15 is 0 Å². The van der Waals surface area contributed by atoms with Crippen LogP contribution in [-0.2, 0) is 18.8 Å². The highest BCUT2D eigenvalue weighted by Gasteiger charge is 2.36. The minimum absolute atomic E-state index is 0.0903. The van der Waals surface area contributed by atoms with E-state index in [9.17, 15) is 0 Å². The van der Waals surface area contributed by atoms with E-state index in [-0.39, 0.29) is 6.10 Å². The molecule has 2 aromatic heterocycles. The van der Waals surface area contributed by atoms with Crippen molar-refractivity contribution in [1.29, 1.82) is 0 Å². The second-order valence-corrected chi connectivity index (χ2v) is 7.21. The second-order valence-electron chi connectivity index (χ2n) is 7.21. The molecule has 6 heteroatoms. The molecule has 1 unspecified atom stereocenters. The van der Waals surface area contributed by atoms with Gasteiger partial charge in [-0.1, -0.05) is 0 Å². The second kappa shape index (κ2) is 6.69. The summed E-state index contributed by atoms with van der Waals surface area (Å²) >= 11 is 0. The van der Waals surface area contributed by atoms with Crippen LogP contribution in [0.2, 0.25) is 0 Å². The summed E-state index contributed by atoms with van der Waals surface area (Å²) in [5.74, 6) is 3.38. The number of imidazole rings is 2. The molecule has 1 N–H and O–H groups in total. The van der Waals surface area contributed by atoms with Crippen LogP contribution in [0.25, 0.3) is 0 Å². The van der Waals surface area contributed by atoms with Gasteiger partial charge >= 0.3 is 0 Å². The van der Waals surface area contributed by atoms with Crippen molar-refractivity contribution in [2.45, 2.75) is 37.8 Å². The summed E-state index contributed by atoms with van der Waals surface area (Å²) in [6, 6.07) is 0.356. The Kier molecular flexibility index (Phi) is 4.41. The first-order valence-electron chi connectivity index (χ1n) is 9.03. The molecule has 1 saturated heterocycles. The normalized spacial score (nSPS) is 25.8. The van der Waals surface area contributed by atoms with Gasteiger partial charge in [-0.3, -0.25) is 0 Å². The van der Waals surface area contributed by atoms with Crippen molar-refractivity contribution < 1.29 is 4.74 Å². The number of hydrogen-bond donors (Lipinski definition) is 1. The average Bonchev–Trinajstić information content (AvgIpc) is 3.21. The molecule has 1 saturated carbocycles. The topological polar surface area (TPSA) is 56.9 Å². The van der Waals surface area contributed by atoms with Gasteiger partial charge in [0, 0.05) is 58.0 Å². The highest BCUT2D eigenvalue weighted by atomic mass is 16.5. The number of ether oxygens (including phenoxy) is 1. The van der Waals surface area contributed by atoms with Crippen molar-refractivity contribution in [3.8, 4) is 0 Å². The first-order chi connectivity index (χ1) is 11.7. The Bertz CT molecular complexity index is 675. The molecule has 1 aliphatic carbocycles. The van der Waals surface area contributed by atoms with Crippen LogP contribution in [0, 0.1) is 11.8 Å². The number of aromatic nitrogens is 4. The monoisotopic (exact) mass is 329 g/mol. The SMILES string of the molecule is Cn1ccnc1C(NC[C@@H]1CCCO[C@H]1c1nccn1C)C1CC1. The number of nitrogens with one attached hydrogen (secondary N) is 1. The maximum Gasteiger partial charge on any atom is 0.137 e. The highest BCUT2D eigenvalue weighted by molar-refractivity contribution is 5.06. The van der Waals surface area contributed by atoms with Gasteiger partial charge in [-0.2, -0.15) is 0 Å². The molecule has 2 aliphatic rings. The van der Waals surface area contributed by atoms with Crippen LogP contribution < -0.4 is 5.32 Å². The molecule has 0 aromatic carbocycles. The van der Waals surface area contributed by atoms with Gasteiger partial charge in [0.05, 0.1) is 6.04 Å².